The van der Waals surface area contributed by atoms with Gasteiger partial charge >= 0.3 is 5.97 Å². The lowest BCUT2D eigenvalue weighted by atomic mass is 10.1. The van der Waals surface area contributed by atoms with Crippen LogP contribution in [0.15, 0.2) is 66.7 Å². The summed E-state index contributed by atoms with van der Waals surface area (Å²) in [6.07, 6.45) is 0. The van der Waals surface area contributed by atoms with Crippen LogP contribution in [-0.2, 0) is 4.74 Å². The van der Waals surface area contributed by atoms with Gasteiger partial charge in [0.25, 0.3) is 0 Å². The van der Waals surface area contributed by atoms with E-state index in [1.165, 1.54) is 7.11 Å². The van der Waals surface area contributed by atoms with E-state index < -0.39 is 0 Å². The van der Waals surface area contributed by atoms with Crippen molar-refractivity contribution in [3.05, 3.63) is 82.3 Å². The fourth-order valence-electron chi connectivity index (χ4n) is 2.91. The van der Waals surface area contributed by atoms with Crippen molar-refractivity contribution in [2.45, 2.75) is 0 Å². The summed E-state index contributed by atoms with van der Waals surface area (Å²) in [6, 6.07) is 19.9. The smallest absolute Gasteiger partial charge is 0.337 e. The Balaban J connectivity index is 0.00000256. The lowest BCUT2D eigenvalue weighted by Crippen LogP contribution is -3.00. The van der Waals surface area contributed by atoms with Crippen molar-refractivity contribution in [3.8, 4) is 11.4 Å². The number of hydrogen-bond donors (Lipinski definition) is 1. The SMILES string of the molecule is COC(=O)c1ccc(Nc2nc(-c3ccc(Cl)cc3Cl)nc3ccccc23)cc1.[Cl-]. The zero-order valence-electron chi connectivity index (χ0n) is 15.7. The fourth-order valence-corrected chi connectivity index (χ4v) is 3.40. The Bertz CT molecular complexity index is 1210. The molecule has 0 fully saturated rings. The summed E-state index contributed by atoms with van der Waals surface area (Å²) in [6.45, 7) is 0. The van der Waals surface area contributed by atoms with Gasteiger partial charge in [-0.2, -0.15) is 0 Å². The van der Waals surface area contributed by atoms with E-state index in [4.69, 9.17) is 27.9 Å². The largest absolute Gasteiger partial charge is 1.00 e. The van der Waals surface area contributed by atoms with Crippen molar-refractivity contribution in [2.75, 3.05) is 12.4 Å². The first-order valence-electron chi connectivity index (χ1n) is 8.73. The van der Waals surface area contributed by atoms with E-state index >= 15 is 0 Å². The molecule has 1 aromatic heterocycles. The van der Waals surface area contributed by atoms with E-state index in [2.05, 4.69) is 15.3 Å². The third-order valence-corrected chi connectivity index (χ3v) is 4.89. The van der Waals surface area contributed by atoms with Gasteiger partial charge in [0.2, 0.25) is 0 Å². The molecule has 0 saturated heterocycles. The molecule has 0 aliphatic rings. The number of esters is 1. The molecule has 0 spiro atoms. The second-order valence-electron chi connectivity index (χ2n) is 6.23. The standard InChI is InChI=1S/C22H15Cl2N3O2.ClH/c1-29-22(28)13-6-9-15(10-7-13)25-21-17-4-2-3-5-19(17)26-20(27-21)16-11-8-14(23)12-18(16)24;/h2-12H,1H3,(H,25,26,27);1H/p-1. The number of carbonyl (C=O) groups excluding carboxylic acids is 1. The lowest BCUT2D eigenvalue weighted by molar-refractivity contribution is -0.0000202. The van der Waals surface area contributed by atoms with Crippen molar-refractivity contribution in [1.82, 2.24) is 9.97 Å². The predicted octanol–water partition coefficient (Wildman–Crippen LogP) is 3.14. The number of aromatic nitrogens is 2. The van der Waals surface area contributed by atoms with Crippen molar-refractivity contribution < 1.29 is 21.9 Å². The minimum atomic E-state index is -0.385. The van der Waals surface area contributed by atoms with Gasteiger partial charge in [0, 0.05) is 21.7 Å². The number of ether oxygens (including phenoxy) is 1. The highest BCUT2D eigenvalue weighted by atomic mass is 35.5. The van der Waals surface area contributed by atoms with Gasteiger partial charge < -0.3 is 22.5 Å². The molecule has 0 unspecified atom stereocenters. The summed E-state index contributed by atoms with van der Waals surface area (Å²) in [5.41, 5.74) is 2.71. The van der Waals surface area contributed by atoms with Gasteiger partial charge in [0.15, 0.2) is 5.82 Å². The van der Waals surface area contributed by atoms with Gasteiger partial charge in [-0.15, -0.1) is 0 Å². The van der Waals surface area contributed by atoms with Gasteiger partial charge in [-0.3, -0.25) is 0 Å². The number of halogens is 3. The van der Waals surface area contributed by atoms with Crippen LogP contribution in [0.3, 0.4) is 0 Å². The van der Waals surface area contributed by atoms with Gasteiger partial charge in [-0.1, -0.05) is 35.3 Å². The molecule has 4 rings (SSSR count). The molecule has 152 valence electrons. The molecule has 1 N–H and O–H groups in total. The predicted molar refractivity (Wildman–Crippen MR) is 116 cm³/mol. The maximum atomic E-state index is 11.6. The Morgan fingerprint density at radius 1 is 0.967 bits per heavy atom. The van der Waals surface area contributed by atoms with Gasteiger partial charge in [-0.25, -0.2) is 14.8 Å². The summed E-state index contributed by atoms with van der Waals surface area (Å²) in [7, 11) is 1.35. The summed E-state index contributed by atoms with van der Waals surface area (Å²) < 4.78 is 4.73. The topological polar surface area (TPSA) is 64.1 Å². The molecule has 0 aliphatic heterocycles. The van der Waals surface area contributed by atoms with Crippen molar-refractivity contribution in [2.24, 2.45) is 0 Å². The normalized spacial score (nSPS) is 10.4. The average Bonchev–Trinajstić information content (AvgIpc) is 2.73. The number of hydrogen-bond acceptors (Lipinski definition) is 5. The number of rotatable bonds is 4. The maximum absolute atomic E-state index is 11.6. The highest BCUT2D eigenvalue weighted by Gasteiger charge is 2.13. The van der Waals surface area contributed by atoms with Gasteiger partial charge in [0.1, 0.15) is 5.82 Å². The molecule has 0 bridgehead atoms. The highest BCUT2D eigenvalue weighted by molar-refractivity contribution is 6.36. The van der Waals surface area contributed by atoms with E-state index in [0.29, 0.717) is 32.8 Å². The molecule has 8 heteroatoms. The van der Waals surface area contributed by atoms with E-state index in [1.54, 1.807) is 42.5 Å². The number of methoxy groups -OCH3 is 1. The van der Waals surface area contributed by atoms with E-state index in [0.717, 1.165) is 16.6 Å². The first kappa shape index (κ1) is 21.8. The van der Waals surface area contributed by atoms with E-state index in [-0.39, 0.29) is 18.4 Å². The first-order chi connectivity index (χ1) is 14.0. The third kappa shape index (κ3) is 4.49. The van der Waals surface area contributed by atoms with Crippen molar-refractivity contribution in [3.63, 3.8) is 0 Å². The van der Waals surface area contributed by atoms with Crippen LogP contribution in [0, 0.1) is 0 Å². The second-order valence-corrected chi connectivity index (χ2v) is 7.07. The summed E-state index contributed by atoms with van der Waals surface area (Å²) in [5.74, 6) is 0.727. The molecule has 3 aromatic carbocycles. The Kier molecular flexibility index (Phi) is 6.77. The molecular formula is C22H15Cl3N3O2-. The van der Waals surface area contributed by atoms with Crippen LogP contribution in [0.4, 0.5) is 11.5 Å². The van der Waals surface area contributed by atoms with E-state index in [9.17, 15) is 4.79 Å². The minimum Gasteiger partial charge on any atom is -1.00 e. The molecule has 30 heavy (non-hydrogen) atoms. The monoisotopic (exact) mass is 458 g/mol. The van der Waals surface area contributed by atoms with Crippen LogP contribution in [0.1, 0.15) is 10.4 Å². The second kappa shape index (κ2) is 9.30. The van der Waals surface area contributed by atoms with Crippen molar-refractivity contribution >= 4 is 51.6 Å². The number of carbonyl (C=O) groups is 1. The summed E-state index contributed by atoms with van der Waals surface area (Å²) >= 11 is 12.4. The fraction of sp³-hybridized carbons (Fsp3) is 0.0455. The number of benzene rings is 3. The molecule has 4 aromatic rings. The lowest BCUT2D eigenvalue weighted by Gasteiger charge is -2.12. The first-order valence-corrected chi connectivity index (χ1v) is 9.48. The Hall–Kier alpha value is -2.86. The van der Waals surface area contributed by atoms with Crippen LogP contribution in [0.5, 0.6) is 0 Å². The quantitative estimate of drug-likeness (QED) is 0.475. The van der Waals surface area contributed by atoms with Crippen LogP contribution in [-0.4, -0.2) is 23.0 Å². The van der Waals surface area contributed by atoms with Gasteiger partial charge in [0.05, 0.1) is 23.2 Å². The third-order valence-electron chi connectivity index (χ3n) is 4.34. The minimum absolute atomic E-state index is 0. The zero-order valence-corrected chi connectivity index (χ0v) is 18.0. The zero-order chi connectivity index (χ0) is 20.4. The summed E-state index contributed by atoms with van der Waals surface area (Å²) in [4.78, 5) is 21.0. The number of nitrogens with one attached hydrogen (secondary N) is 1. The number of para-hydroxylation sites is 1. The summed E-state index contributed by atoms with van der Waals surface area (Å²) in [5, 5.41) is 5.18. The Labute approximate surface area is 189 Å². The van der Waals surface area contributed by atoms with Crippen LogP contribution >= 0.6 is 23.2 Å². The average molecular weight is 460 g/mol. The number of anilines is 2. The van der Waals surface area contributed by atoms with E-state index in [1.807, 2.05) is 24.3 Å². The molecule has 5 nitrogen and oxygen atoms in total. The Morgan fingerprint density at radius 3 is 2.40 bits per heavy atom. The maximum Gasteiger partial charge on any atom is 0.337 e. The molecule has 0 saturated carbocycles. The Morgan fingerprint density at radius 2 is 1.70 bits per heavy atom. The van der Waals surface area contributed by atoms with Crippen LogP contribution in [0.2, 0.25) is 10.0 Å². The van der Waals surface area contributed by atoms with Crippen molar-refractivity contribution in [1.29, 1.82) is 0 Å². The number of fused-ring (bicyclic) bond motifs is 1. The molecular weight excluding hydrogens is 445 g/mol. The van der Waals surface area contributed by atoms with Gasteiger partial charge in [-0.05, 0) is 54.6 Å². The molecule has 0 amide bonds. The van der Waals surface area contributed by atoms with Crippen LogP contribution in [0.25, 0.3) is 22.3 Å². The highest BCUT2D eigenvalue weighted by Crippen LogP contribution is 2.32. The molecule has 0 radical (unpaired) electrons. The molecule has 0 aliphatic carbocycles. The van der Waals surface area contributed by atoms with Crippen LogP contribution < -0.4 is 17.7 Å². The number of nitrogens with zero attached hydrogens (tertiary/aromatic N) is 2. The molecule has 1 heterocycles. The molecule has 0 atom stereocenters.